The second kappa shape index (κ2) is 4.79. The molecule has 1 aliphatic rings. The van der Waals surface area contributed by atoms with Crippen molar-refractivity contribution in [3.8, 4) is 0 Å². The molecule has 21 heavy (non-hydrogen) atoms. The van der Waals surface area contributed by atoms with E-state index in [1.165, 1.54) is 12.1 Å². The molecular weight excluding hydrogens is 356 g/mol. The first kappa shape index (κ1) is 16.5. The number of benzene rings is 1. The van der Waals surface area contributed by atoms with E-state index in [0.29, 0.717) is 10.2 Å². The molecule has 3 N–H and O–H groups in total. The van der Waals surface area contributed by atoms with Crippen molar-refractivity contribution in [1.29, 1.82) is 0 Å². The van der Waals surface area contributed by atoms with Crippen molar-refractivity contribution in [2.45, 2.75) is 32.6 Å². The van der Waals surface area contributed by atoms with Crippen LogP contribution in [0.1, 0.15) is 27.7 Å². The maximum absolute atomic E-state index is 12.3. The van der Waals surface area contributed by atoms with Crippen molar-refractivity contribution >= 4 is 37.5 Å². The summed E-state index contributed by atoms with van der Waals surface area (Å²) in [6.07, 6.45) is 0. The van der Waals surface area contributed by atoms with Gasteiger partial charge in [-0.2, -0.15) is 0 Å². The van der Waals surface area contributed by atoms with Crippen LogP contribution in [0.25, 0.3) is 0 Å². The zero-order valence-corrected chi connectivity index (χ0v) is 14.8. The third-order valence-corrected chi connectivity index (χ3v) is 6.68. The van der Waals surface area contributed by atoms with Gasteiger partial charge in [-0.05, 0) is 45.0 Å². The highest BCUT2D eigenvalue weighted by atomic mass is 79.9. The Kier molecular flexibility index (Phi) is 3.75. The largest absolute Gasteiger partial charge is 0.326 e. The van der Waals surface area contributed by atoms with Crippen molar-refractivity contribution < 1.29 is 13.2 Å². The van der Waals surface area contributed by atoms with Gasteiger partial charge in [-0.3, -0.25) is 4.79 Å². The van der Waals surface area contributed by atoms with Crippen LogP contribution in [0, 0.1) is 16.7 Å². The van der Waals surface area contributed by atoms with Gasteiger partial charge in [0, 0.05) is 16.1 Å². The number of nitrogens with one attached hydrogen (secondary N) is 1. The van der Waals surface area contributed by atoms with Gasteiger partial charge in [-0.1, -0.05) is 27.7 Å². The third-order valence-electron chi connectivity index (χ3n) is 4.79. The van der Waals surface area contributed by atoms with E-state index in [2.05, 4.69) is 48.9 Å². The number of anilines is 1. The van der Waals surface area contributed by atoms with E-state index in [-0.39, 0.29) is 27.6 Å². The van der Waals surface area contributed by atoms with Gasteiger partial charge in [0.05, 0.1) is 4.90 Å². The maximum Gasteiger partial charge on any atom is 0.239 e. The van der Waals surface area contributed by atoms with Crippen molar-refractivity contribution in [2.24, 2.45) is 21.9 Å². The molecular formula is C14H19BrN2O3S. The number of carbonyl (C=O) groups is 1. The molecule has 5 nitrogen and oxygen atoms in total. The minimum Gasteiger partial charge on any atom is -0.326 e. The third kappa shape index (κ3) is 2.74. The number of carbonyl (C=O) groups excluding carboxylic acids is 1. The topological polar surface area (TPSA) is 89.3 Å². The van der Waals surface area contributed by atoms with E-state index < -0.39 is 10.0 Å². The van der Waals surface area contributed by atoms with E-state index in [4.69, 9.17) is 5.14 Å². The van der Waals surface area contributed by atoms with Crippen LogP contribution in [-0.2, 0) is 14.8 Å². The predicted octanol–water partition coefficient (Wildman–Crippen LogP) is 2.72. The lowest BCUT2D eigenvalue weighted by atomic mass is 10.0. The average molecular weight is 375 g/mol. The van der Waals surface area contributed by atoms with Crippen LogP contribution in [0.15, 0.2) is 27.6 Å². The summed E-state index contributed by atoms with van der Waals surface area (Å²) >= 11 is 3.16. The van der Waals surface area contributed by atoms with E-state index in [0.717, 1.165) is 0 Å². The van der Waals surface area contributed by atoms with E-state index in [1.54, 1.807) is 6.07 Å². The van der Waals surface area contributed by atoms with Crippen LogP contribution in [0.2, 0.25) is 0 Å². The Morgan fingerprint density at radius 2 is 1.76 bits per heavy atom. The lowest BCUT2D eigenvalue weighted by Gasteiger charge is -2.09. The number of rotatable bonds is 3. The van der Waals surface area contributed by atoms with Crippen LogP contribution in [0.5, 0.6) is 0 Å². The molecule has 0 saturated heterocycles. The molecule has 1 amide bonds. The molecule has 1 fully saturated rings. The molecule has 0 aromatic heterocycles. The van der Waals surface area contributed by atoms with Crippen molar-refractivity contribution in [3.05, 3.63) is 22.7 Å². The first-order chi connectivity index (χ1) is 9.39. The molecule has 0 atom stereocenters. The second-order valence-corrected chi connectivity index (χ2v) is 8.94. The highest BCUT2D eigenvalue weighted by molar-refractivity contribution is 9.10. The Hall–Kier alpha value is -0.920. The highest BCUT2D eigenvalue weighted by Gasteiger charge is 2.68. The quantitative estimate of drug-likeness (QED) is 0.851. The summed E-state index contributed by atoms with van der Waals surface area (Å²) in [5.41, 5.74) is 0.446. The lowest BCUT2D eigenvalue weighted by molar-refractivity contribution is -0.118. The highest BCUT2D eigenvalue weighted by Crippen LogP contribution is 2.68. The Balaban J connectivity index is 2.19. The van der Waals surface area contributed by atoms with Crippen molar-refractivity contribution in [3.63, 3.8) is 0 Å². The molecule has 1 aliphatic carbocycles. The number of hydrogen-bond donors (Lipinski definition) is 2. The van der Waals surface area contributed by atoms with Crippen LogP contribution in [0.3, 0.4) is 0 Å². The average Bonchev–Trinajstić information content (AvgIpc) is 2.66. The summed E-state index contributed by atoms with van der Waals surface area (Å²) < 4.78 is 23.0. The van der Waals surface area contributed by atoms with Gasteiger partial charge in [0.25, 0.3) is 0 Å². The Bertz CT molecular complexity index is 697. The van der Waals surface area contributed by atoms with Crippen molar-refractivity contribution in [1.82, 2.24) is 0 Å². The fourth-order valence-corrected chi connectivity index (χ4v) is 4.52. The molecule has 1 aromatic rings. The summed E-state index contributed by atoms with van der Waals surface area (Å²) in [6.45, 7) is 8.27. The predicted molar refractivity (Wildman–Crippen MR) is 85.2 cm³/mol. The van der Waals surface area contributed by atoms with Crippen molar-refractivity contribution in [2.75, 3.05) is 5.32 Å². The van der Waals surface area contributed by atoms with Crippen LogP contribution < -0.4 is 10.5 Å². The smallest absolute Gasteiger partial charge is 0.239 e. The normalized spacial score (nSPS) is 20.1. The minimum absolute atomic E-state index is 0.00687. The van der Waals surface area contributed by atoms with E-state index in [1.807, 2.05) is 0 Å². The first-order valence-corrected chi connectivity index (χ1v) is 8.86. The van der Waals surface area contributed by atoms with Gasteiger partial charge in [0.2, 0.25) is 15.9 Å². The number of halogens is 1. The SMILES string of the molecule is CC1(C)C(C(=O)Nc2ccc(S(N)(=O)=O)c(Br)c2)C1(C)C. The number of amides is 1. The van der Waals surface area contributed by atoms with Gasteiger partial charge >= 0.3 is 0 Å². The summed E-state index contributed by atoms with van der Waals surface area (Å²) in [6, 6.07) is 4.45. The fraction of sp³-hybridized carbons (Fsp3) is 0.500. The molecule has 0 radical (unpaired) electrons. The summed E-state index contributed by atoms with van der Waals surface area (Å²) in [7, 11) is -3.78. The molecule has 0 heterocycles. The molecule has 0 unspecified atom stereocenters. The minimum atomic E-state index is -3.78. The standard InChI is InChI=1S/C14H19BrN2O3S/c1-13(2)11(14(13,3)4)12(18)17-8-5-6-10(9(15)7-8)21(16,19)20/h5-7,11H,1-4H3,(H,17,18)(H2,16,19,20). The van der Waals surface area contributed by atoms with Crippen LogP contribution in [-0.4, -0.2) is 14.3 Å². The van der Waals surface area contributed by atoms with Gasteiger partial charge in [0.1, 0.15) is 0 Å². The molecule has 1 saturated carbocycles. The van der Waals surface area contributed by atoms with Gasteiger partial charge in [-0.25, -0.2) is 13.6 Å². The molecule has 0 bridgehead atoms. The van der Waals surface area contributed by atoms with Gasteiger partial charge in [0.15, 0.2) is 0 Å². The summed E-state index contributed by atoms with van der Waals surface area (Å²) in [5, 5.41) is 7.92. The lowest BCUT2D eigenvalue weighted by Crippen LogP contribution is -2.18. The molecule has 1 aromatic carbocycles. The second-order valence-electron chi connectivity index (χ2n) is 6.56. The number of primary sulfonamides is 1. The fourth-order valence-electron chi connectivity index (χ4n) is 2.88. The number of hydrogen-bond acceptors (Lipinski definition) is 3. The van der Waals surface area contributed by atoms with Crippen LogP contribution >= 0.6 is 15.9 Å². The molecule has 0 spiro atoms. The van der Waals surface area contributed by atoms with Crippen LogP contribution in [0.4, 0.5) is 5.69 Å². The Morgan fingerprint density at radius 3 is 2.14 bits per heavy atom. The van der Waals surface area contributed by atoms with E-state index in [9.17, 15) is 13.2 Å². The monoisotopic (exact) mass is 374 g/mol. The van der Waals surface area contributed by atoms with E-state index >= 15 is 0 Å². The molecule has 7 heteroatoms. The molecule has 2 rings (SSSR count). The molecule has 116 valence electrons. The van der Waals surface area contributed by atoms with Gasteiger partial charge in [-0.15, -0.1) is 0 Å². The number of nitrogens with two attached hydrogens (primary N) is 1. The molecule has 0 aliphatic heterocycles. The summed E-state index contributed by atoms with van der Waals surface area (Å²) in [5.74, 6) is -0.123. The maximum atomic E-state index is 12.3. The number of sulfonamides is 1. The zero-order chi connectivity index (χ0) is 16.2. The zero-order valence-electron chi connectivity index (χ0n) is 12.4. The first-order valence-electron chi connectivity index (χ1n) is 6.52. The van der Waals surface area contributed by atoms with Gasteiger partial charge < -0.3 is 5.32 Å². The summed E-state index contributed by atoms with van der Waals surface area (Å²) in [4.78, 5) is 12.3. The Morgan fingerprint density at radius 1 is 1.24 bits per heavy atom. The Labute approximate surface area is 133 Å².